The smallest absolute Gasteiger partial charge is 0.306 e. The number of hydrogen-bond donors (Lipinski definition) is 0. The van der Waals surface area contributed by atoms with E-state index in [9.17, 15) is 4.79 Å². The Bertz CT molecular complexity index is 936. The Morgan fingerprint density at radius 3 is 2.30 bits per heavy atom. The Balaban J connectivity index is 1.37. The number of methoxy groups -OCH3 is 1. The first-order chi connectivity index (χ1) is 15.8. The van der Waals surface area contributed by atoms with Gasteiger partial charge in [-0.1, -0.05) is 45.4 Å². The standard InChI is InChI=1S/C29H41NO3/c1-29(2,3)24-11-14-26(15-12-24)33-27-13-10-22-18-21(8-9-23(22)19-27)20-30(25-6-5-7-25)17-16-28(31)32-4/h8-10,13,18-19,24-26H,5-7,11-12,14-17,20H2,1-4H3/t24-,26-. The van der Waals surface area contributed by atoms with Crippen LogP contribution in [0, 0.1) is 11.3 Å². The van der Waals surface area contributed by atoms with Gasteiger partial charge in [0.05, 0.1) is 19.6 Å². The lowest BCUT2D eigenvalue weighted by molar-refractivity contribution is -0.141. The molecule has 4 rings (SSSR count). The second-order valence-electron chi connectivity index (χ2n) is 11.2. The lowest BCUT2D eigenvalue weighted by Gasteiger charge is -2.37. The van der Waals surface area contributed by atoms with Gasteiger partial charge in [0.25, 0.3) is 0 Å². The van der Waals surface area contributed by atoms with Gasteiger partial charge in [-0.25, -0.2) is 0 Å². The number of nitrogens with zero attached hydrogens (tertiary/aromatic N) is 1. The summed E-state index contributed by atoms with van der Waals surface area (Å²) in [7, 11) is 1.47. The Kier molecular flexibility index (Phi) is 7.63. The third-order valence-corrected chi connectivity index (χ3v) is 7.89. The highest BCUT2D eigenvalue weighted by Gasteiger charge is 2.30. The van der Waals surface area contributed by atoms with Crippen molar-refractivity contribution < 1.29 is 14.3 Å². The minimum Gasteiger partial charge on any atom is -0.490 e. The molecule has 2 aliphatic rings. The summed E-state index contributed by atoms with van der Waals surface area (Å²) in [6.45, 7) is 8.73. The number of ether oxygens (including phenoxy) is 2. The van der Waals surface area contributed by atoms with E-state index in [0.29, 0.717) is 24.0 Å². The number of benzene rings is 2. The molecular formula is C29H41NO3. The molecule has 4 nitrogen and oxygen atoms in total. The van der Waals surface area contributed by atoms with Gasteiger partial charge in [0.2, 0.25) is 0 Å². The minimum atomic E-state index is -0.128. The van der Waals surface area contributed by atoms with Crippen molar-refractivity contribution in [3.8, 4) is 5.75 Å². The first kappa shape index (κ1) is 24.1. The van der Waals surface area contributed by atoms with Gasteiger partial charge in [-0.15, -0.1) is 0 Å². The molecule has 0 aliphatic heterocycles. The molecule has 0 atom stereocenters. The van der Waals surface area contributed by atoms with Gasteiger partial charge in [-0.2, -0.15) is 0 Å². The lowest BCUT2D eigenvalue weighted by atomic mass is 9.72. The molecule has 0 radical (unpaired) electrons. The first-order valence-corrected chi connectivity index (χ1v) is 12.8. The summed E-state index contributed by atoms with van der Waals surface area (Å²) in [4.78, 5) is 14.1. The van der Waals surface area contributed by atoms with Gasteiger partial charge in [0.15, 0.2) is 0 Å². The zero-order chi connectivity index (χ0) is 23.4. The van der Waals surface area contributed by atoms with Crippen LogP contribution in [-0.2, 0) is 16.1 Å². The molecule has 2 aliphatic carbocycles. The molecule has 2 saturated carbocycles. The van der Waals surface area contributed by atoms with Crippen LogP contribution in [-0.4, -0.2) is 36.7 Å². The molecule has 33 heavy (non-hydrogen) atoms. The summed E-state index contributed by atoms with van der Waals surface area (Å²) in [5.41, 5.74) is 1.70. The molecular weight excluding hydrogens is 410 g/mol. The van der Waals surface area contributed by atoms with Gasteiger partial charge >= 0.3 is 5.97 Å². The summed E-state index contributed by atoms with van der Waals surface area (Å²) in [6, 6.07) is 13.8. The SMILES string of the molecule is COC(=O)CCN(Cc1ccc2cc(O[C@H]3CC[C@H](C(C)(C)C)CC3)ccc2c1)C1CCC1. The van der Waals surface area contributed by atoms with E-state index in [4.69, 9.17) is 9.47 Å². The van der Waals surface area contributed by atoms with Crippen LogP contribution in [0.4, 0.5) is 0 Å². The van der Waals surface area contributed by atoms with Gasteiger partial charge in [0, 0.05) is 19.1 Å². The highest BCUT2D eigenvalue weighted by molar-refractivity contribution is 5.84. The summed E-state index contributed by atoms with van der Waals surface area (Å²) in [5, 5.41) is 2.47. The van der Waals surface area contributed by atoms with Crippen molar-refractivity contribution in [2.24, 2.45) is 11.3 Å². The van der Waals surface area contributed by atoms with E-state index >= 15 is 0 Å². The molecule has 180 valence electrons. The Labute approximate surface area is 199 Å². The topological polar surface area (TPSA) is 38.8 Å². The zero-order valence-corrected chi connectivity index (χ0v) is 20.9. The normalized spacial score (nSPS) is 21.7. The van der Waals surface area contributed by atoms with Crippen LogP contribution < -0.4 is 4.74 Å². The van der Waals surface area contributed by atoms with E-state index in [1.807, 2.05) is 0 Å². The summed E-state index contributed by atoms with van der Waals surface area (Å²) in [5.74, 6) is 1.67. The molecule has 0 heterocycles. The molecule has 0 unspecified atom stereocenters. The highest BCUT2D eigenvalue weighted by atomic mass is 16.5. The Hall–Kier alpha value is -2.07. The second-order valence-corrected chi connectivity index (χ2v) is 11.2. The average Bonchev–Trinajstić information content (AvgIpc) is 2.76. The van der Waals surface area contributed by atoms with Crippen LogP contribution in [0.15, 0.2) is 36.4 Å². The molecule has 0 N–H and O–H groups in total. The summed E-state index contributed by atoms with van der Waals surface area (Å²) >= 11 is 0. The molecule has 0 aromatic heterocycles. The predicted molar refractivity (Wildman–Crippen MR) is 134 cm³/mol. The van der Waals surface area contributed by atoms with Crippen LogP contribution in [0.1, 0.15) is 77.7 Å². The second kappa shape index (κ2) is 10.5. The van der Waals surface area contributed by atoms with E-state index in [1.54, 1.807) is 0 Å². The van der Waals surface area contributed by atoms with Gasteiger partial charge in [-0.05, 0) is 84.4 Å². The van der Waals surface area contributed by atoms with Crippen LogP contribution in [0.5, 0.6) is 5.75 Å². The molecule has 0 saturated heterocycles. The van der Waals surface area contributed by atoms with Crippen molar-refractivity contribution in [1.29, 1.82) is 0 Å². The van der Waals surface area contributed by atoms with Crippen molar-refractivity contribution >= 4 is 16.7 Å². The van der Waals surface area contributed by atoms with Crippen LogP contribution in [0.25, 0.3) is 10.8 Å². The maximum atomic E-state index is 11.6. The number of carbonyl (C=O) groups is 1. The molecule has 2 aromatic carbocycles. The van der Waals surface area contributed by atoms with Crippen molar-refractivity contribution in [1.82, 2.24) is 4.90 Å². The van der Waals surface area contributed by atoms with Crippen molar-refractivity contribution in [2.45, 2.75) is 90.8 Å². The number of carbonyl (C=O) groups excluding carboxylic acids is 1. The highest BCUT2D eigenvalue weighted by Crippen LogP contribution is 2.39. The lowest BCUT2D eigenvalue weighted by Crippen LogP contribution is -2.40. The fourth-order valence-electron chi connectivity index (χ4n) is 5.40. The zero-order valence-electron chi connectivity index (χ0n) is 20.9. The fraction of sp³-hybridized carbons (Fsp3) is 0.621. The van der Waals surface area contributed by atoms with Crippen molar-refractivity contribution in [3.05, 3.63) is 42.0 Å². The van der Waals surface area contributed by atoms with Crippen LogP contribution in [0.3, 0.4) is 0 Å². The van der Waals surface area contributed by atoms with E-state index in [2.05, 4.69) is 62.1 Å². The number of fused-ring (bicyclic) bond motifs is 1. The van der Waals surface area contributed by atoms with Gasteiger partial charge in [0.1, 0.15) is 5.75 Å². The molecule has 2 fully saturated rings. The Morgan fingerprint density at radius 2 is 1.67 bits per heavy atom. The predicted octanol–water partition coefficient (Wildman–Crippen LogP) is 6.74. The minimum absolute atomic E-state index is 0.128. The van der Waals surface area contributed by atoms with Gasteiger partial charge in [-0.3, -0.25) is 9.69 Å². The van der Waals surface area contributed by atoms with E-state index < -0.39 is 0 Å². The maximum absolute atomic E-state index is 11.6. The maximum Gasteiger partial charge on any atom is 0.306 e. The molecule has 0 amide bonds. The van der Waals surface area contributed by atoms with Crippen LogP contribution in [0.2, 0.25) is 0 Å². The van der Waals surface area contributed by atoms with Gasteiger partial charge < -0.3 is 9.47 Å². The largest absolute Gasteiger partial charge is 0.490 e. The summed E-state index contributed by atoms with van der Waals surface area (Å²) in [6.07, 6.45) is 9.38. The monoisotopic (exact) mass is 451 g/mol. The molecule has 0 bridgehead atoms. The van der Waals surface area contributed by atoms with Crippen molar-refractivity contribution in [3.63, 3.8) is 0 Å². The average molecular weight is 452 g/mol. The van der Waals surface area contributed by atoms with E-state index in [-0.39, 0.29) is 5.97 Å². The fourth-order valence-corrected chi connectivity index (χ4v) is 5.40. The first-order valence-electron chi connectivity index (χ1n) is 12.8. The van der Waals surface area contributed by atoms with Crippen molar-refractivity contribution in [2.75, 3.05) is 13.7 Å². The third-order valence-electron chi connectivity index (χ3n) is 7.89. The quantitative estimate of drug-likeness (QED) is 0.417. The Morgan fingerprint density at radius 1 is 0.970 bits per heavy atom. The molecule has 2 aromatic rings. The number of hydrogen-bond acceptors (Lipinski definition) is 4. The molecule has 0 spiro atoms. The number of rotatable bonds is 8. The third kappa shape index (κ3) is 6.29. The van der Waals surface area contributed by atoms with Crippen LogP contribution >= 0.6 is 0 Å². The van der Waals surface area contributed by atoms with E-state index in [1.165, 1.54) is 55.5 Å². The number of esters is 1. The summed E-state index contributed by atoms with van der Waals surface area (Å²) < 4.78 is 11.2. The van der Waals surface area contributed by atoms with E-state index in [0.717, 1.165) is 37.6 Å². The molecule has 4 heteroatoms.